The Hall–Kier alpha value is -3.38. The maximum atomic E-state index is 12.4. The van der Waals surface area contributed by atoms with Gasteiger partial charge in [0.05, 0.1) is 24.2 Å². The first-order valence-corrected chi connectivity index (χ1v) is 13.0. The Morgan fingerprint density at radius 3 is 2.39 bits per heavy atom. The number of amides is 1. The molecule has 3 rings (SSSR count). The molecule has 1 amide bonds. The van der Waals surface area contributed by atoms with E-state index in [1.54, 1.807) is 49.6 Å². The van der Waals surface area contributed by atoms with Gasteiger partial charge in [0.15, 0.2) is 9.84 Å². The molecule has 36 heavy (non-hydrogen) atoms. The highest BCUT2D eigenvalue weighted by Gasteiger charge is 2.14. The summed E-state index contributed by atoms with van der Waals surface area (Å²) in [6.45, 7) is 1.70. The standard InChI is InChI=1S/C25H30N2O8S/c1-16(15-33-2)34-20-10-17(23-8-9-24(27-23)25(30)26-13-18(29)14-28)11-21(12-20)35-19-4-6-22(7-5-19)36(3,31)32/h4-12,16,18,27-29H,13-15H2,1-3H3,(H,26,30)/t16-,18?/m0/s1. The summed E-state index contributed by atoms with van der Waals surface area (Å²) in [6.07, 6.45) is -0.149. The van der Waals surface area contributed by atoms with Crippen LogP contribution in [0.15, 0.2) is 59.5 Å². The Morgan fingerprint density at radius 2 is 1.75 bits per heavy atom. The molecule has 194 valence electrons. The number of hydrogen-bond acceptors (Lipinski definition) is 8. The van der Waals surface area contributed by atoms with E-state index in [1.165, 1.54) is 12.1 Å². The fourth-order valence-electron chi connectivity index (χ4n) is 3.31. The molecule has 3 aromatic rings. The Balaban J connectivity index is 1.88. The van der Waals surface area contributed by atoms with Crippen molar-refractivity contribution in [3.63, 3.8) is 0 Å². The van der Waals surface area contributed by atoms with Gasteiger partial charge >= 0.3 is 0 Å². The average molecular weight is 519 g/mol. The van der Waals surface area contributed by atoms with E-state index in [1.807, 2.05) is 6.92 Å². The molecule has 10 nitrogen and oxygen atoms in total. The molecule has 2 aromatic carbocycles. The van der Waals surface area contributed by atoms with Crippen molar-refractivity contribution in [3.05, 3.63) is 60.3 Å². The molecule has 1 unspecified atom stereocenters. The van der Waals surface area contributed by atoms with Crippen LogP contribution in [0.4, 0.5) is 0 Å². The summed E-state index contributed by atoms with van der Waals surface area (Å²) < 4.78 is 40.5. The first kappa shape index (κ1) is 27.2. The van der Waals surface area contributed by atoms with Crippen molar-refractivity contribution in [2.75, 3.05) is 33.1 Å². The largest absolute Gasteiger partial charge is 0.488 e. The number of aliphatic hydroxyl groups excluding tert-OH is 2. The van der Waals surface area contributed by atoms with Gasteiger partial charge in [-0.15, -0.1) is 0 Å². The summed E-state index contributed by atoms with van der Waals surface area (Å²) in [5, 5.41) is 20.9. The maximum absolute atomic E-state index is 12.4. The predicted molar refractivity (Wildman–Crippen MR) is 133 cm³/mol. The summed E-state index contributed by atoms with van der Waals surface area (Å²) in [6, 6.07) is 14.6. The number of methoxy groups -OCH3 is 1. The van der Waals surface area contributed by atoms with E-state index in [-0.39, 0.29) is 23.2 Å². The van der Waals surface area contributed by atoms with Crippen molar-refractivity contribution in [2.45, 2.75) is 24.0 Å². The van der Waals surface area contributed by atoms with E-state index >= 15 is 0 Å². The highest BCUT2D eigenvalue weighted by atomic mass is 32.2. The number of aromatic nitrogens is 1. The molecule has 0 saturated carbocycles. The van der Waals surface area contributed by atoms with E-state index in [0.717, 1.165) is 6.26 Å². The summed E-state index contributed by atoms with van der Waals surface area (Å²) in [7, 11) is -1.75. The van der Waals surface area contributed by atoms with Gasteiger partial charge in [-0.1, -0.05) is 0 Å². The van der Waals surface area contributed by atoms with Crippen LogP contribution in [0.3, 0.4) is 0 Å². The van der Waals surface area contributed by atoms with Crippen molar-refractivity contribution in [1.82, 2.24) is 10.3 Å². The number of H-pyrrole nitrogens is 1. The van der Waals surface area contributed by atoms with Crippen LogP contribution < -0.4 is 14.8 Å². The minimum absolute atomic E-state index is 0.0828. The number of benzene rings is 2. The topological polar surface area (TPSA) is 147 Å². The maximum Gasteiger partial charge on any atom is 0.267 e. The monoisotopic (exact) mass is 518 g/mol. The highest BCUT2D eigenvalue weighted by Crippen LogP contribution is 2.33. The number of carbonyl (C=O) groups excluding carboxylic acids is 1. The first-order chi connectivity index (χ1) is 17.1. The van der Waals surface area contributed by atoms with E-state index in [9.17, 15) is 18.3 Å². The highest BCUT2D eigenvalue weighted by molar-refractivity contribution is 7.90. The molecule has 1 heterocycles. The molecule has 0 bridgehead atoms. The van der Waals surface area contributed by atoms with Gasteiger partial charge in [0, 0.05) is 37.2 Å². The van der Waals surface area contributed by atoms with Crippen LogP contribution in [0.25, 0.3) is 11.3 Å². The molecule has 0 aliphatic carbocycles. The van der Waals surface area contributed by atoms with Crippen LogP contribution in [0, 0.1) is 0 Å². The van der Waals surface area contributed by atoms with Gasteiger partial charge < -0.3 is 34.7 Å². The summed E-state index contributed by atoms with van der Waals surface area (Å²) in [5.74, 6) is 0.944. The van der Waals surface area contributed by atoms with Gasteiger partial charge in [-0.3, -0.25) is 4.79 Å². The van der Waals surface area contributed by atoms with Gasteiger partial charge in [-0.25, -0.2) is 8.42 Å². The lowest BCUT2D eigenvalue weighted by atomic mass is 10.1. The Labute approximate surface area is 209 Å². The quantitative estimate of drug-likeness (QED) is 0.286. The van der Waals surface area contributed by atoms with Crippen molar-refractivity contribution in [1.29, 1.82) is 0 Å². The van der Waals surface area contributed by atoms with E-state index in [2.05, 4.69) is 10.3 Å². The molecule has 2 atom stereocenters. The van der Waals surface area contributed by atoms with E-state index in [4.69, 9.17) is 19.3 Å². The Morgan fingerprint density at radius 1 is 1.06 bits per heavy atom. The van der Waals surface area contributed by atoms with Crippen molar-refractivity contribution in [2.24, 2.45) is 0 Å². The van der Waals surface area contributed by atoms with Crippen LogP contribution in [0.1, 0.15) is 17.4 Å². The lowest BCUT2D eigenvalue weighted by Crippen LogP contribution is -2.34. The summed E-state index contributed by atoms with van der Waals surface area (Å²) in [4.78, 5) is 15.6. The second kappa shape index (κ2) is 12.0. The minimum atomic E-state index is -3.33. The lowest BCUT2D eigenvalue weighted by molar-refractivity contribution is 0.0799. The number of aromatic amines is 1. The number of sulfone groups is 1. The van der Waals surface area contributed by atoms with E-state index < -0.39 is 28.5 Å². The Bertz CT molecular complexity index is 1270. The number of carbonyl (C=O) groups is 1. The zero-order valence-corrected chi connectivity index (χ0v) is 21.0. The molecule has 0 aliphatic heterocycles. The third-order valence-corrected chi connectivity index (χ3v) is 6.19. The number of nitrogens with one attached hydrogen (secondary N) is 2. The smallest absolute Gasteiger partial charge is 0.267 e. The molecule has 0 radical (unpaired) electrons. The average Bonchev–Trinajstić information content (AvgIpc) is 3.32. The van der Waals surface area contributed by atoms with Gasteiger partial charge in [0.1, 0.15) is 29.0 Å². The van der Waals surface area contributed by atoms with Gasteiger partial charge in [0.2, 0.25) is 0 Å². The first-order valence-electron chi connectivity index (χ1n) is 11.1. The number of rotatable bonds is 12. The molecule has 0 saturated heterocycles. The number of ether oxygens (including phenoxy) is 3. The second-order valence-electron chi connectivity index (χ2n) is 8.25. The molecular formula is C25H30N2O8S. The van der Waals surface area contributed by atoms with Crippen molar-refractivity contribution >= 4 is 15.7 Å². The summed E-state index contributed by atoms with van der Waals surface area (Å²) in [5.41, 5.74) is 1.56. The van der Waals surface area contributed by atoms with Gasteiger partial charge in [-0.05, 0) is 55.5 Å². The fourth-order valence-corrected chi connectivity index (χ4v) is 3.94. The predicted octanol–water partition coefficient (Wildman–Crippen LogP) is 2.37. The minimum Gasteiger partial charge on any atom is -0.488 e. The van der Waals surface area contributed by atoms with E-state index in [0.29, 0.717) is 35.1 Å². The number of hydrogen-bond donors (Lipinski definition) is 4. The van der Waals surface area contributed by atoms with Crippen LogP contribution in [0.2, 0.25) is 0 Å². The molecular weight excluding hydrogens is 488 g/mol. The Kier molecular flexibility index (Phi) is 9.10. The van der Waals surface area contributed by atoms with Crippen LogP contribution >= 0.6 is 0 Å². The molecule has 0 spiro atoms. The van der Waals surface area contributed by atoms with Crippen LogP contribution in [-0.2, 0) is 14.6 Å². The zero-order chi connectivity index (χ0) is 26.3. The second-order valence-corrected chi connectivity index (χ2v) is 10.3. The molecule has 1 aromatic heterocycles. The summed E-state index contributed by atoms with van der Waals surface area (Å²) >= 11 is 0. The molecule has 0 fully saturated rings. The molecule has 0 aliphatic rings. The zero-order valence-electron chi connectivity index (χ0n) is 20.2. The third kappa shape index (κ3) is 7.56. The van der Waals surface area contributed by atoms with Gasteiger partial charge in [-0.2, -0.15) is 0 Å². The number of aliphatic hydroxyl groups is 2. The van der Waals surface area contributed by atoms with Gasteiger partial charge in [0.25, 0.3) is 5.91 Å². The normalized spacial score (nSPS) is 13.1. The fraction of sp³-hybridized carbons (Fsp3) is 0.320. The lowest BCUT2D eigenvalue weighted by Gasteiger charge is -2.16. The SMILES string of the molecule is COC[C@H](C)Oc1cc(Oc2ccc(S(C)(=O)=O)cc2)cc(-c2ccc(C(=O)NCC(O)CO)[nH]2)c1. The van der Waals surface area contributed by atoms with Crippen molar-refractivity contribution in [3.8, 4) is 28.5 Å². The van der Waals surface area contributed by atoms with Crippen LogP contribution in [0.5, 0.6) is 17.2 Å². The molecule has 11 heteroatoms. The third-order valence-electron chi connectivity index (χ3n) is 5.06. The van der Waals surface area contributed by atoms with Crippen LogP contribution in [-0.4, -0.2) is 74.9 Å². The molecule has 4 N–H and O–H groups in total. The van der Waals surface area contributed by atoms with Crippen molar-refractivity contribution < 1.29 is 37.6 Å².